The maximum atomic E-state index is 13.9. The van der Waals surface area contributed by atoms with E-state index in [1.54, 1.807) is 60.0 Å². The molecule has 0 bridgehead atoms. The van der Waals surface area contributed by atoms with Crippen LogP contribution in [0.25, 0.3) is 6.08 Å². The fourth-order valence-corrected chi connectivity index (χ4v) is 5.70. The van der Waals surface area contributed by atoms with Gasteiger partial charge in [-0.05, 0) is 68.0 Å². The van der Waals surface area contributed by atoms with Crippen molar-refractivity contribution in [1.82, 2.24) is 4.57 Å². The van der Waals surface area contributed by atoms with Crippen LogP contribution in [0.4, 0.5) is 5.69 Å². The Morgan fingerprint density at radius 2 is 1.79 bits per heavy atom. The first-order valence-electron chi connectivity index (χ1n) is 11.9. The number of hydrogen-bond donors (Lipinski definition) is 1. The summed E-state index contributed by atoms with van der Waals surface area (Å²) in [6.45, 7) is 4.15. The van der Waals surface area contributed by atoms with E-state index >= 15 is 0 Å². The van der Waals surface area contributed by atoms with Gasteiger partial charge in [-0.15, -0.1) is 0 Å². The maximum Gasteiger partial charge on any atom is 0.271 e. The van der Waals surface area contributed by atoms with Gasteiger partial charge in [0.1, 0.15) is 5.75 Å². The first-order valence-corrected chi connectivity index (χ1v) is 13.5. The highest BCUT2D eigenvalue weighted by molar-refractivity contribution is 7.07. The Morgan fingerprint density at radius 3 is 2.50 bits per heavy atom. The molecular formula is C29H23Cl2N3O3S. The molecule has 1 amide bonds. The monoisotopic (exact) mass is 563 g/mol. The minimum atomic E-state index is -0.694. The Labute approximate surface area is 233 Å². The zero-order valence-corrected chi connectivity index (χ0v) is 22.9. The molecular weight excluding hydrogens is 541 g/mol. The molecule has 4 aromatic rings. The smallest absolute Gasteiger partial charge is 0.271 e. The molecule has 192 valence electrons. The number of carbonyl (C=O) groups is 1. The first kappa shape index (κ1) is 26.0. The fraction of sp³-hybridized carbons (Fsp3) is 0.138. The molecule has 0 fully saturated rings. The molecule has 0 aliphatic carbocycles. The van der Waals surface area contributed by atoms with E-state index in [4.69, 9.17) is 27.9 Å². The molecule has 1 atom stereocenters. The lowest BCUT2D eigenvalue weighted by atomic mass is 9.95. The van der Waals surface area contributed by atoms with Crippen LogP contribution in [-0.4, -0.2) is 17.1 Å². The largest absolute Gasteiger partial charge is 0.493 e. The second-order valence-corrected chi connectivity index (χ2v) is 10.5. The van der Waals surface area contributed by atoms with Crippen LogP contribution in [0.5, 0.6) is 5.75 Å². The number of nitrogens with one attached hydrogen (secondary N) is 1. The van der Waals surface area contributed by atoms with Crippen molar-refractivity contribution in [3.63, 3.8) is 0 Å². The number of benzene rings is 3. The molecule has 6 nitrogen and oxygen atoms in total. The van der Waals surface area contributed by atoms with Crippen molar-refractivity contribution in [1.29, 1.82) is 0 Å². The number of ether oxygens (including phenoxy) is 1. The van der Waals surface area contributed by atoms with Crippen molar-refractivity contribution in [3.8, 4) is 5.75 Å². The molecule has 9 heteroatoms. The SMILES string of the molecule is CCOc1ccc(Cl)cc1/C=c1\sc2n(c1=O)[C@@H](c1ccc(Cl)cc1)C(C(=O)Nc1ccccc1)=C(C)N=2. The van der Waals surface area contributed by atoms with E-state index in [2.05, 4.69) is 10.3 Å². The predicted molar refractivity (Wildman–Crippen MR) is 153 cm³/mol. The molecule has 0 spiro atoms. The summed E-state index contributed by atoms with van der Waals surface area (Å²) in [6, 6.07) is 20.9. The van der Waals surface area contributed by atoms with Crippen molar-refractivity contribution in [3.05, 3.63) is 125 Å². The number of amides is 1. The number of rotatable bonds is 6. The van der Waals surface area contributed by atoms with Crippen LogP contribution in [0.15, 0.2) is 93.9 Å². The zero-order valence-electron chi connectivity index (χ0n) is 20.6. The van der Waals surface area contributed by atoms with E-state index in [0.717, 1.165) is 5.56 Å². The summed E-state index contributed by atoms with van der Waals surface area (Å²) in [5.41, 5.74) is 2.72. The number of nitrogens with zero attached hydrogens (tertiary/aromatic N) is 2. The zero-order chi connectivity index (χ0) is 26.8. The van der Waals surface area contributed by atoms with Crippen LogP contribution in [0.3, 0.4) is 0 Å². The van der Waals surface area contributed by atoms with Crippen LogP contribution in [0.2, 0.25) is 10.0 Å². The minimum absolute atomic E-state index is 0.270. The highest BCUT2D eigenvalue weighted by atomic mass is 35.5. The molecule has 1 aromatic heterocycles. The third-order valence-corrected chi connectivity index (χ3v) is 7.51. The summed E-state index contributed by atoms with van der Waals surface area (Å²) in [5.74, 6) is 0.288. The standard InChI is InChI=1S/C29H23Cl2N3O3S/c1-3-37-23-14-13-21(31)15-19(23)16-24-28(36)34-26(18-9-11-20(30)12-10-18)25(17(2)32-29(34)38-24)27(35)33-22-7-5-4-6-8-22/h4-16,26H,3H2,1-2H3,(H,33,35)/b24-16-/t26-/m0/s1. The fourth-order valence-electron chi connectivity index (χ4n) is 4.35. The third-order valence-electron chi connectivity index (χ3n) is 6.04. The van der Waals surface area contributed by atoms with Gasteiger partial charge in [0.15, 0.2) is 4.80 Å². The number of halogens is 2. The highest BCUT2D eigenvalue weighted by Crippen LogP contribution is 2.31. The van der Waals surface area contributed by atoms with Gasteiger partial charge in [0, 0.05) is 21.3 Å². The van der Waals surface area contributed by atoms with Crippen molar-refractivity contribution < 1.29 is 9.53 Å². The number of allylic oxidation sites excluding steroid dienone is 1. The van der Waals surface area contributed by atoms with Gasteiger partial charge in [0.25, 0.3) is 11.5 Å². The van der Waals surface area contributed by atoms with Crippen molar-refractivity contribution >= 4 is 52.2 Å². The lowest BCUT2D eigenvalue weighted by Gasteiger charge is -2.25. The molecule has 3 aromatic carbocycles. The van der Waals surface area contributed by atoms with Crippen LogP contribution < -0.4 is 24.9 Å². The minimum Gasteiger partial charge on any atom is -0.493 e. The van der Waals surface area contributed by atoms with Gasteiger partial charge in [0.05, 0.1) is 28.5 Å². The van der Waals surface area contributed by atoms with E-state index in [-0.39, 0.29) is 11.5 Å². The summed E-state index contributed by atoms with van der Waals surface area (Å²) in [7, 11) is 0. The van der Waals surface area contributed by atoms with Crippen LogP contribution in [0.1, 0.15) is 31.0 Å². The van der Waals surface area contributed by atoms with Gasteiger partial charge in [0.2, 0.25) is 0 Å². The van der Waals surface area contributed by atoms with Gasteiger partial charge in [-0.25, -0.2) is 4.99 Å². The molecule has 0 saturated heterocycles. The van der Waals surface area contributed by atoms with Gasteiger partial charge >= 0.3 is 0 Å². The quantitative estimate of drug-likeness (QED) is 0.333. The molecule has 1 N–H and O–H groups in total. The summed E-state index contributed by atoms with van der Waals surface area (Å²) >= 11 is 13.7. The van der Waals surface area contributed by atoms with E-state index in [1.807, 2.05) is 37.3 Å². The topological polar surface area (TPSA) is 72.7 Å². The number of thiazole rings is 1. The van der Waals surface area contributed by atoms with E-state index < -0.39 is 6.04 Å². The Balaban J connectivity index is 1.68. The van der Waals surface area contributed by atoms with Crippen molar-refractivity contribution in [2.75, 3.05) is 11.9 Å². The molecule has 0 saturated carbocycles. The number of carbonyl (C=O) groups excluding carboxylic acids is 1. The average molecular weight is 564 g/mol. The van der Waals surface area contributed by atoms with E-state index in [0.29, 0.717) is 54.3 Å². The Morgan fingerprint density at radius 1 is 1.08 bits per heavy atom. The lowest BCUT2D eigenvalue weighted by Crippen LogP contribution is -2.40. The molecule has 0 radical (unpaired) electrons. The molecule has 1 aliphatic rings. The van der Waals surface area contributed by atoms with Crippen LogP contribution in [0, 0.1) is 0 Å². The van der Waals surface area contributed by atoms with Gasteiger partial charge in [-0.2, -0.15) is 0 Å². The summed E-state index contributed by atoms with van der Waals surface area (Å²) in [6.07, 6.45) is 1.75. The normalized spacial score (nSPS) is 15.2. The second kappa shape index (κ2) is 11.0. The third kappa shape index (κ3) is 5.18. The van der Waals surface area contributed by atoms with E-state index in [1.165, 1.54) is 11.3 Å². The summed E-state index contributed by atoms with van der Waals surface area (Å²) < 4.78 is 7.75. The molecule has 1 aliphatic heterocycles. The number of aromatic nitrogens is 1. The number of hydrogen-bond acceptors (Lipinski definition) is 5. The summed E-state index contributed by atoms with van der Waals surface area (Å²) in [4.78, 5) is 32.7. The van der Waals surface area contributed by atoms with Gasteiger partial charge in [-0.3, -0.25) is 14.2 Å². The molecule has 38 heavy (non-hydrogen) atoms. The van der Waals surface area contributed by atoms with Crippen molar-refractivity contribution in [2.45, 2.75) is 19.9 Å². The Bertz CT molecular complexity index is 1730. The van der Waals surface area contributed by atoms with Crippen LogP contribution in [-0.2, 0) is 4.79 Å². The van der Waals surface area contributed by atoms with E-state index in [9.17, 15) is 9.59 Å². The molecule has 0 unspecified atom stereocenters. The number of para-hydroxylation sites is 1. The highest BCUT2D eigenvalue weighted by Gasteiger charge is 2.32. The molecule has 5 rings (SSSR count). The second-order valence-electron chi connectivity index (χ2n) is 8.57. The first-order chi connectivity index (χ1) is 18.4. The van der Waals surface area contributed by atoms with Gasteiger partial charge in [-0.1, -0.05) is 64.9 Å². The predicted octanol–water partition coefficient (Wildman–Crippen LogP) is 5.58. The lowest BCUT2D eigenvalue weighted by molar-refractivity contribution is -0.113. The van der Waals surface area contributed by atoms with Gasteiger partial charge < -0.3 is 10.1 Å². The summed E-state index contributed by atoms with van der Waals surface area (Å²) in [5, 5.41) is 4.03. The maximum absolute atomic E-state index is 13.9. The Kier molecular flexibility index (Phi) is 7.51. The molecule has 2 heterocycles. The number of anilines is 1. The van der Waals surface area contributed by atoms with Crippen LogP contribution >= 0.6 is 34.5 Å². The van der Waals surface area contributed by atoms with Crippen molar-refractivity contribution in [2.24, 2.45) is 4.99 Å². The number of fused-ring (bicyclic) bond motifs is 1. The Hall–Kier alpha value is -3.65. The average Bonchev–Trinajstić information content (AvgIpc) is 3.20.